The van der Waals surface area contributed by atoms with Crippen LogP contribution >= 0.6 is 24.0 Å². The molecule has 7 nitrogen and oxygen atoms in total. The first-order valence-electron chi connectivity index (χ1n) is 10.8. The zero-order valence-corrected chi connectivity index (χ0v) is 20.5. The summed E-state index contributed by atoms with van der Waals surface area (Å²) in [6.45, 7) is -0.713. The van der Waals surface area contributed by atoms with E-state index in [4.69, 9.17) is 12.2 Å². The molecule has 2 aromatic rings. The van der Waals surface area contributed by atoms with Crippen molar-refractivity contribution in [2.24, 2.45) is 0 Å². The van der Waals surface area contributed by atoms with Crippen LogP contribution in [0.15, 0.2) is 71.7 Å². The number of carbonyl (C=O) groups excluding carboxylic acids is 4. The van der Waals surface area contributed by atoms with Crippen molar-refractivity contribution in [3.63, 3.8) is 0 Å². The molecule has 2 aromatic carbocycles. The summed E-state index contributed by atoms with van der Waals surface area (Å²) in [4.78, 5) is 52.8. The molecule has 0 radical (unpaired) electrons. The molecule has 190 valence electrons. The third-order valence-corrected chi connectivity index (χ3v) is 6.82. The molecule has 0 bridgehead atoms. The van der Waals surface area contributed by atoms with E-state index < -0.39 is 48.0 Å². The molecule has 2 fully saturated rings. The van der Waals surface area contributed by atoms with E-state index in [1.54, 1.807) is 18.2 Å². The highest BCUT2D eigenvalue weighted by atomic mass is 32.2. The van der Waals surface area contributed by atoms with Gasteiger partial charge in [0.05, 0.1) is 16.9 Å². The van der Waals surface area contributed by atoms with Gasteiger partial charge in [-0.2, -0.15) is 13.2 Å². The van der Waals surface area contributed by atoms with Crippen LogP contribution in [0.4, 0.5) is 18.9 Å². The topological polar surface area (TPSA) is 86.8 Å². The van der Waals surface area contributed by atoms with Gasteiger partial charge in [0.1, 0.15) is 16.9 Å². The van der Waals surface area contributed by atoms with Crippen LogP contribution in [-0.2, 0) is 25.4 Å². The molecular formula is C25H18F3N3O4S2. The SMILES string of the molecule is O=C(CN1C(=O)CC(N2C(=O)C(=CC=Cc3ccccc3)SC2=S)C1=O)Nc1cccc(C(F)(F)F)c1. The van der Waals surface area contributed by atoms with E-state index in [-0.39, 0.29) is 21.3 Å². The Kier molecular flexibility index (Phi) is 7.60. The minimum atomic E-state index is -4.60. The Bertz CT molecular complexity index is 1340. The van der Waals surface area contributed by atoms with Crippen LogP contribution < -0.4 is 5.32 Å². The van der Waals surface area contributed by atoms with Gasteiger partial charge in [-0.15, -0.1) is 0 Å². The molecule has 4 amide bonds. The zero-order valence-electron chi connectivity index (χ0n) is 18.9. The van der Waals surface area contributed by atoms with Crippen LogP contribution in [-0.4, -0.2) is 50.3 Å². The number of carbonyl (C=O) groups is 4. The molecule has 0 aliphatic carbocycles. The van der Waals surface area contributed by atoms with Gasteiger partial charge >= 0.3 is 6.18 Å². The predicted octanol–water partition coefficient (Wildman–Crippen LogP) is 4.23. The lowest BCUT2D eigenvalue weighted by atomic mass is 10.2. The number of alkyl halides is 3. The Hall–Kier alpha value is -3.77. The fourth-order valence-electron chi connectivity index (χ4n) is 3.72. The van der Waals surface area contributed by atoms with E-state index in [1.807, 2.05) is 30.3 Å². The average Bonchev–Trinajstić information content (AvgIpc) is 3.28. The second-order valence-electron chi connectivity index (χ2n) is 8.01. The zero-order chi connectivity index (χ0) is 26.7. The van der Waals surface area contributed by atoms with Crippen LogP contribution in [0.3, 0.4) is 0 Å². The lowest BCUT2D eigenvalue weighted by Gasteiger charge is -2.21. The molecule has 1 unspecified atom stereocenters. The number of nitrogens with zero attached hydrogens (tertiary/aromatic N) is 2. The minimum Gasteiger partial charge on any atom is -0.325 e. The summed E-state index contributed by atoms with van der Waals surface area (Å²) < 4.78 is 38.8. The van der Waals surface area contributed by atoms with Crippen LogP contribution in [0, 0.1) is 0 Å². The van der Waals surface area contributed by atoms with Crippen LogP contribution in [0.1, 0.15) is 17.5 Å². The Morgan fingerprint density at radius 3 is 2.54 bits per heavy atom. The fourth-order valence-corrected chi connectivity index (χ4v) is 5.03. The van der Waals surface area contributed by atoms with Gasteiger partial charge in [-0.25, -0.2) is 0 Å². The fraction of sp³-hybridized carbons (Fsp3) is 0.160. The Morgan fingerprint density at radius 2 is 1.84 bits per heavy atom. The van der Waals surface area contributed by atoms with Gasteiger partial charge in [-0.1, -0.05) is 72.5 Å². The molecule has 1 atom stereocenters. The maximum absolute atomic E-state index is 13.0. The molecule has 0 spiro atoms. The van der Waals surface area contributed by atoms with E-state index in [9.17, 15) is 32.3 Å². The summed E-state index contributed by atoms with van der Waals surface area (Å²) >= 11 is 6.26. The number of amides is 4. The van der Waals surface area contributed by atoms with Gasteiger partial charge < -0.3 is 5.32 Å². The van der Waals surface area contributed by atoms with Crippen molar-refractivity contribution in [1.82, 2.24) is 9.80 Å². The molecule has 2 saturated heterocycles. The predicted molar refractivity (Wildman–Crippen MR) is 136 cm³/mol. The summed E-state index contributed by atoms with van der Waals surface area (Å²) in [5.41, 5.74) is -0.175. The monoisotopic (exact) mass is 545 g/mol. The van der Waals surface area contributed by atoms with Gasteiger partial charge in [-0.3, -0.25) is 29.0 Å². The first-order chi connectivity index (χ1) is 17.5. The summed E-state index contributed by atoms with van der Waals surface area (Å²) in [5, 5.41) is 2.26. The number of allylic oxidation sites excluding steroid dienone is 2. The first kappa shape index (κ1) is 26.3. The number of likely N-dealkylation sites (tertiary alicyclic amines) is 1. The summed E-state index contributed by atoms with van der Waals surface area (Å²) in [6.07, 6.45) is 0.0660. The largest absolute Gasteiger partial charge is 0.416 e. The van der Waals surface area contributed by atoms with Crippen molar-refractivity contribution in [2.75, 3.05) is 11.9 Å². The number of thioether (sulfide) groups is 1. The molecule has 12 heteroatoms. The second-order valence-corrected chi connectivity index (χ2v) is 9.68. The van der Waals surface area contributed by atoms with Gasteiger partial charge in [0.2, 0.25) is 11.8 Å². The van der Waals surface area contributed by atoms with E-state index in [0.29, 0.717) is 4.90 Å². The van der Waals surface area contributed by atoms with E-state index >= 15 is 0 Å². The lowest BCUT2D eigenvalue weighted by Crippen LogP contribution is -2.45. The van der Waals surface area contributed by atoms with Crippen molar-refractivity contribution in [1.29, 1.82) is 0 Å². The maximum Gasteiger partial charge on any atom is 0.416 e. The van der Waals surface area contributed by atoms with Gasteiger partial charge in [-0.05, 0) is 29.8 Å². The molecule has 0 aromatic heterocycles. The molecular weight excluding hydrogens is 527 g/mol. The van der Waals surface area contributed by atoms with Gasteiger partial charge in [0, 0.05) is 5.69 Å². The van der Waals surface area contributed by atoms with Crippen molar-refractivity contribution in [3.05, 3.63) is 82.8 Å². The molecule has 0 saturated carbocycles. The van der Waals surface area contributed by atoms with E-state index in [0.717, 1.165) is 40.4 Å². The van der Waals surface area contributed by atoms with Gasteiger partial charge in [0.25, 0.3) is 11.8 Å². The number of hydrogen-bond acceptors (Lipinski definition) is 6. The highest BCUT2D eigenvalue weighted by molar-refractivity contribution is 8.26. The molecule has 1 N–H and O–H groups in total. The Morgan fingerprint density at radius 1 is 1.11 bits per heavy atom. The van der Waals surface area contributed by atoms with Crippen molar-refractivity contribution in [3.8, 4) is 0 Å². The van der Waals surface area contributed by atoms with Crippen LogP contribution in [0.5, 0.6) is 0 Å². The number of halogens is 3. The molecule has 2 aliphatic heterocycles. The summed E-state index contributed by atoms with van der Waals surface area (Å²) in [6, 6.07) is 12.1. The van der Waals surface area contributed by atoms with Crippen LogP contribution in [0.2, 0.25) is 0 Å². The van der Waals surface area contributed by atoms with E-state index in [2.05, 4.69) is 5.32 Å². The van der Waals surface area contributed by atoms with Crippen molar-refractivity contribution in [2.45, 2.75) is 18.6 Å². The summed E-state index contributed by atoms with van der Waals surface area (Å²) in [5.74, 6) is -2.88. The number of rotatable bonds is 6. The maximum atomic E-state index is 13.0. The average molecular weight is 546 g/mol. The molecule has 2 aliphatic rings. The number of anilines is 1. The minimum absolute atomic E-state index is 0.103. The van der Waals surface area contributed by atoms with Crippen molar-refractivity contribution < 1.29 is 32.3 Å². The quantitative estimate of drug-likeness (QED) is 0.332. The highest BCUT2D eigenvalue weighted by Gasteiger charge is 2.48. The highest BCUT2D eigenvalue weighted by Crippen LogP contribution is 2.35. The van der Waals surface area contributed by atoms with E-state index in [1.165, 1.54) is 6.07 Å². The lowest BCUT2D eigenvalue weighted by molar-refractivity contribution is -0.143. The normalized spacial score (nSPS) is 19.5. The Labute approximate surface area is 219 Å². The van der Waals surface area contributed by atoms with Crippen LogP contribution in [0.25, 0.3) is 6.08 Å². The molecule has 4 rings (SSSR count). The number of imide groups is 1. The van der Waals surface area contributed by atoms with Crippen molar-refractivity contribution >= 4 is 63.7 Å². The number of nitrogens with one attached hydrogen (secondary N) is 1. The first-order valence-corrected chi connectivity index (χ1v) is 12.1. The smallest absolute Gasteiger partial charge is 0.325 e. The number of hydrogen-bond donors (Lipinski definition) is 1. The Balaban J connectivity index is 1.41. The molecule has 37 heavy (non-hydrogen) atoms. The second kappa shape index (κ2) is 10.7. The van der Waals surface area contributed by atoms with Gasteiger partial charge in [0.15, 0.2) is 0 Å². The third-order valence-electron chi connectivity index (χ3n) is 5.47. The third kappa shape index (κ3) is 5.97. The number of benzene rings is 2. The molecule has 2 heterocycles. The number of thiocarbonyl (C=S) groups is 1. The standard InChI is InChI=1S/C25H18F3N3O4S2/c26-25(27,28)16-9-5-10-17(12-16)29-20(32)14-30-21(33)13-18(22(30)34)31-23(35)19(37-24(31)36)11-4-8-15-6-2-1-3-7-15/h1-12,18H,13-14H2,(H,29,32). The summed E-state index contributed by atoms with van der Waals surface area (Å²) in [7, 11) is 0.